The van der Waals surface area contributed by atoms with Crippen LogP contribution in [0.3, 0.4) is 0 Å². The SMILES string of the molecule is CO/C(C)=C\C(=O)Nc1cccc(C(F)(F)F)c1. The van der Waals surface area contributed by atoms with Crippen LogP contribution in [0.5, 0.6) is 0 Å². The van der Waals surface area contributed by atoms with Gasteiger partial charge in [-0.1, -0.05) is 6.07 Å². The minimum Gasteiger partial charge on any atom is -0.501 e. The molecule has 1 aromatic rings. The number of nitrogens with one attached hydrogen (secondary N) is 1. The van der Waals surface area contributed by atoms with E-state index in [4.69, 9.17) is 4.74 Å². The lowest BCUT2D eigenvalue weighted by atomic mass is 10.2. The molecule has 0 unspecified atom stereocenters. The molecule has 0 aliphatic carbocycles. The van der Waals surface area contributed by atoms with Gasteiger partial charge in [0.1, 0.15) is 0 Å². The zero-order valence-electron chi connectivity index (χ0n) is 9.84. The van der Waals surface area contributed by atoms with Crippen LogP contribution in [0, 0.1) is 0 Å². The third-order valence-corrected chi connectivity index (χ3v) is 2.11. The number of carbonyl (C=O) groups excluding carboxylic acids is 1. The normalized spacial score (nSPS) is 12.2. The van der Waals surface area contributed by atoms with E-state index in [2.05, 4.69) is 5.32 Å². The van der Waals surface area contributed by atoms with Crippen LogP contribution in [0.1, 0.15) is 12.5 Å². The monoisotopic (exact) mass is 259 g/mol. The Morgan fingerprint density at radius 2 is 2.06 bits per heavy atom. The van der Waals surface area contributed by atoms with Crippen molar-refractivity contribution in [2.45, 2.75) is 13.1 Å². The van der Waals surface area contributed by atoms with Gasteiger partial charge < -0.3 is 10.1 Å². The molecule has 0 saturated heterocycles. The molecule has 0 fully saturated rings. The highest BCUT2D eigenvalue weighted by Crippen LogP contribution is 2.30. The summed E-state index contributed by atoms with van der Waals surface area (Å²) in [6, 6.07) is 4.41. The molecule has 0 aliphatic rings. The topological polar surface area (TPSA) is 38.3 Å². The Morgan fingerprint density at radius 1 is 1.39 bits per heavy atom. The molecule has 1 N–H and O–H groups in total. The maximum atomic E-state index is 12.4. The number of benzene rings is 1. The molecule has 1 aromatic carbocycles. The molecule has 0 aliphatic heterocycles. The van der Waals surface area contributed by atoms with Gasteiger partial charge in [0, 0.05) is 11.8 Å². The fourth-order valence-electron chi connectivity index (χ4n) is 1.20. The second kappa shape index (κ2) is 5.57. The smallest absolute Gasteiger partial charge is 0.416 e. The Labute approximate surface area is 102 Å². The van der Waals surface area contributed by atoms with Gasteiger partial charge in [-0.2, -0.15) is 13.2 Å². The molecule has 0 radical (unpaired) electrons. The third kappa shape index (κ3) is 4.12. The van der Waals surface area contributed by atoms with Crippen molar-refractivity contribution < 1.29 is 22.7 Å². The van der Waals surface area contributed by atoms with Crippen molar-refractivity contribution >= 4 is 11.6 Å². The molecule has 98 valence electrons. The summed E-state index contributed by atoms with van der Waals surface area (Å²) < 4.78 is 42.0. The molecular weight excluding hydrogens is 247 g/mol. The summed E-state index contributed by atoms with van der Waals surface area (Å²) in [6.07, 6.45) is -3.28. The van der Waals surface area contributed by atoms with E-state index in [1.54, 1.807) is 6.92 Å². The minimum absolute atomic E-state index is 0.0787. The zero-order valence-corrected chi connectivity index (χ0v) is 9.84. The van der Waals surface area contributed by atoms with Crippen molar-refractivity contribution in [1.29, 1.82) is 0 Å². The van der Waals surface area contributed by atoms with Crippen molar-refractivity contribution in [1.82, 2.24) is 0 Å². The molecule has 1 amide bonds. The van der Waals surface area contributed by atoms with Crippen molar-refractivity contribution in [2.75, 3.05) is 12.4 Å². The number of carbonyl (C=O) groups is 1. The molecule has 0 atom stereocenters. The first-order valence-corrected chi connectivity index (χ1v) is 5.03. The van der Waals surface area contributed by atoms with Crippen LogP contribution in [0.4, 0.5) is 18.9 Å². The van der Waals surface area contributed by atoms with Crippen molar-refractivity contribution in [3.8, 4) is 0 Å². The van der Waals surface area contributed by atoms with Crippen LogP contribution in [0.15, 0.2) is 36.1 Å². The van der Waals surface area contributed by atoms with E-state index in [0.29, 0.717) is 5.76 Å². The summed E-state index contributed by atoms with van der Waals surface area (Å²) in [4.78, 5) is 11.4. The van der Waals surface area contributed by atoms with E-state index in [0.717, 1.165) is 18.2 Å². The molecule has 0 spiro atoms. The standard InChI is InChI=1S/C12H12F3NO2/c1-8(18-2)6-11(17)16-10-5-3-4-9(7-10)12(13,14)15/h3-7H,1-2H3,(H,16,17)/b8-6-. The van der Waals surface area contributed by atoms with Gasteiger partial charge in [-0.05, 0) is 25.1 Å². The number of methoxy groups -OCH3 is 1. The lowest BCUT2D eigenvalue weighted by Crippen LogP contribution is -2.11. The molecule has 0 aromatic heterocycles. The Kier molecular flexibility index (Phi) is 4.36. The highest BCUT2D eigenvalue weighted by atomic mass is 19.4. The molecule has 0 heterocycles. The summed E-state index contributed by atoms with van der Waals surface area (Å²) in [5.41, 5.74) is -0.734. The molecule has 3 nitrogen and oxygen atoms in total. The van der Waals surface area contributed by atoms with Crippen LogP contribution in [-0.2, 0) is 15.7 Å². The van der Waals surface area contributed by atoms with Gasteiger partial charge >= 0.3 is 6.18 Å². The fourth-order valence-corrected chi connectivity index (χ4v) is 1.20. The number of hydrogen-bond acceptors (Lipinski definition) is 2. The van der Waals surface area contributed by atoms with Gasteiger partial charge in [-0.3, -0.25) is 4.79 Å². The summed E-state index contributed by atoms with van der Waals surface area (Å²) in [7, 11) is 1.39. The maximum absolute atomic E-state index is 12.4. The van der Waals surface area contributed by atoms with E-state index in [1.165, 1.54) is 19.2 Å². The van der Waals surface area contributed by atoms with Crippen LogP contribution in [-0.4, -0.2) is 13.0 Å². The molecule has 0 bridgehead atoms. The average Bonchev–Trinajstić information content (AvgIpc) is 2.27. The minimum atomic E-state index is -4.43. The molecule has 1 rings (SSSR count). The highest BCUT2D eigenvalue weighted by molar-refractivity contribution is 5.99. The van der Waals surface area contributed by atoms with Crippen LogP contribution < -0.4 is 5.32 Å². The lowest BCUT2D eigenvalue weighted by Gasteiger charge is -2.09. The van der Waals surface area contributed by atoms with Gasteiger partial charge in [-0.15, -0.1) is 0 Å². The Bertz CT molecular complexity index is 467. The Morgan fingerprint density at radius 3 is 2.61 bits per heavy atom. The first-order valence-electron chi connectivity index (χ1n) is 5.03. The van der Waals surface area contributed by atoms with Crippen LogP contribution in [0.25, 0.3) is 0 Å². The summed E-state index contributed by atoms with van der Waals surface area (Å²) in [6.45, 7) is 1.56. The van der Waals surface area contributed by atoms with Gasteiger partial charge in [0.05, 0.1) is 18.4 Å². The quantitative estimate of drug-likeness (QED) is 0.668. The largest absolute Gasteiger partial charge is 0.501 e. The van der Waals surface area contributed by atoms with E-state index >= 15 is 0 Å². The number of allylic oxidation sites excluding steroid dienone is 1. The van der Waals surface area contributed by atoms with Gasteiger partial charge in [0.25, 0.3) is 5.91 Å². The molecule has 18 heavy (non-hydrogen) atoms. The summed E-state index contributed by atoms with van der Waals surface area (Å²) >= 11 is 0. The maximum Gasteiger partial charge on any atom is 0.416 e. The number of amides is 1. The summed E-state index contributed by atoms with van der Waals surface area (Å²) in [5, 5.41) is 2.32. The number of halogens is 3. The van der Waals surface area contributed by atoms with E-state index in [1.807, 2.05) is 0 Å². The van der Waals surface area contributed by atoms with Crippen molar-refractivity contribution in [3.63, 3.8) is 0 Å². The molecule has 0 saturated carbocycles. The van der Waals surface area contributed by atoms with E-state index in [9.17, 15) is 18.0 Å². The molecule has 6 heteroatoms. The molecular formula is C12H12F3NO2. The van der Waals surface area contributed by atoms with E-state index in [-0.39, 0.29) is 5.69 Å². The van der Waals surface area contributed by atoms with E-state index < -0.39 is 17.6 Å². The number of rotatable bonds is 3. The third-order valence-electron chi connectivity index (χ3n) is 2.11. The second-order valence-corrected chi connectivity index (χ2v) is 3.53. The first-order chi connectivity index (χ1) is 8.32. The first kappa shape index (κ1) is 14.1. The second-order valence-electron chi connectivity index (χ2n) is 3.53. The highest BCUT2D eigenvalue weighted by Gasteiger charge is 2.30. The Hall–Kier alpha value is -1.98. The van der Waals surface area contributed by atoms with Crippen molar-refractivity contribution in [2.24, 2.45) is 0 Å². The van der Waals surface area contributed by atoms with Gasteiger partial charge in [0.2, 0.25) is 0 Å². The number of hydrogen-bond donors (Lipinski definition) is 1. The van der Waals surface area contributed by atoms with Crippen LogP contribution in [0.2, 0.25) is 0 Å². The Balaban J connectivity index is 2.83. The lowest BCUT2D eigenvalue weighted by molar-refractivity contribution is -0.137. The fraction of sp³-hybridized carbons (Fsp3) is 0.250. The number of ether oxygens (including phenoxy) is 1. The average molecular weight is 259 g/mol. The van der Waals surface area contributed by atoms with Crippen LogP contribution >= 0.6 is 0 Å². The number of alkyl halides is 3. The predicted octanol–water partition coefficient (Wildman–Crippen LogP) is 3.19. The predicted molar refractivity (Wildman–Crippen MR) is 60.8 cm³/mol. The van der Waals surface area contributed by atoms with Gasteiger partial charge in [-0.25, -0.2) is 0 Å². The zero-order chi connectivity index (χ0) is 13.8. The van der Waals surface area contributed by atoms with Gasteiger partial charge in [0.15, 0.2) is 0 Å². The summed E-state index contributed by atoms with van der Waals surface area (Å²) in [5.74, 6) is -0.187. The van der Waals surface area contributed by atoms with Crippen molar-refractivity contribution in [3.05, 3.63) is 41.7 Å². The number of anilines is 1.